The van der Waals surface area contributed by atoms with Crippen molar-refractivity contribution in [3.8, 4) is 5.75 Å². The predicted octanol–water partition coefficient (Wildman–Crippen LogP) is 2.99. The highest BCUT2D eigenvalue weighted by Gasteiger charge is 1.97. The molecule has 0 saturated carbocycles. The van der Waals surface area contributed by atoms with Crippen LogP contribution in [0, 0.1) is 0 Å². The lowest BCUT2D eigenvalue weighted by Crippen LogP contribution is -2.16. The first-order chi connectivity index (χ1) is 8.86. The molecule has 3 heteroatoms. The molecule has 0 aliphatic rings. The Labute approximate surface area is 110 Å². The number of rotatable bonds is 10. The van der Waals surface area contributed by atoms with Gasteiger partial charge in [-0.15, -0.1) is 0 Å². The van der Waals surface area contributed by atoms with Crippen LogP contribution in [0.25, 0.3) is 0 Å². The van der Waals surface area contributed by atoms with Crippen LogP contribution in [0.2, 0.25) is 0 Å². The van der Waals surface area contributed by atoms with Crippen molar-refractivity contribution >= 4 is 0 Å². The Hall–Kier alpha value is -1.06. The second-order valence-electron chi connectivity index (χ2n) is 4.37. The van der Waals surface area contributed by atoms with Gasteiger partial charge in [0.15, 0.2) is 0 Å². The minimum Gasteiger partial charge on any atom is -0.494 e. The van der Waals surface area contributed by atoms with E-state index in [9.17, 15) is 0 Å². The predicted molar refractivity (Wildman–Crippen MR) is 75.0 cm³/mol. The summed E-state index contributed by atoms with van der Waals surface area (Å²) in [7, 11) is 1.73. The van der Waals surface area contributed by atoms with Gasteiger partial charge in [0, 0.05) is 20.3 Å². The molecule has 0 aromatic heterocycles. The maximum absolute atomic E-state index is 5.68. The average Bonchev–Trinajstić information content (AvgIpc) is 2.39. The van der Waals surface area contributed by atoms with Crippen molar-refractivity contribution in [1.29, 1.82) is 0 Å². The zero-order valence-corrected chi connectivity index (χ0v) is 11.6. The monoisotopic (exact) mass is 251 g/mol. The van der Waals surface area contributed by atoms with Crippen LogP contribution in [0.1, 0.15) is 31.7 Å². The van der Waals surface area contributed by atoms with Gasteiger partial charge in [0.05, 0.1) is 6.61 Å². The highest BCUT2D eigenvalue weighted by atomic mass is 16.5. The summed E-state index contributed by atoms with van der Waals surface area (Å²) in [5.41, 5.74) is 1.27. The molecule has 1 N–H and O–H groups in total. The van der Waals surface area contributed by atoms with Gasteiger partial charge in [-0.05, 0) is 37.1 Å². The van der Waals surface area contributed by atoms with E-state index in [1.807, 2.05) is 12.1 Å². The van der Waals surface area contributed by atoms with Gasteiger partial charge in [0.1, 0.15) is 5.75 Å². The Morgan fingerprint density at radius 3 is 2.83 bits per heavy atom. The summed E-state index contributed by atoms with van der Waals surface area (Å²) >= 11 is 0. The molecule has 0 aliphatic carbocycles. The summed E-state index contributed by atoms with van der Waals surface area (Å²) in [6.45, 7) is 5.65. The lowest BCUT2D eigenvalue weighted by molar-refractivity contribution is 0.194. The van der Waals surface area contributed by atoms with E-state index in [4.69, 9.17) is 9.47 Å². The number of unbranched alkanes of at least 4 members (excludes halogenated alkanes) is 1. The maximum Gasteiger partial charge on any atom is 0.119 e. The first-order valence-corrected chi connectivity index (χ1v) is 6.78. The van der Waals surface area contributed by atoms with Crippen molar-refractivity contribution in [3.63, 3.8) is 0 Å². The van der Waals surface area contributed by atoms with Crippen LogP contribution in [0.3, 0.4) is 0 Å². The van der Waals surface area contributed by atoms with Gasteiger partial charge in [-0.25, -0.2) is 0 Å². The Morgan fingerprint density at radius 2 is 2.06 bits per heavy atom. The fourth-order valence-electron chi connectivity index (χ4n) is 1.65. The fraction of sp³-hybridized carbons (Fsp3) is 0.600. The van der Waals surface area contributed by atoms with Gasteiger partial charge in [0.2, 0.25) is 0 Å². The Balaban J connectivity index is 2.26. The number of methoxy groups -OCH3 is 1. The van der Waals surface area contributed by atoms with E-state index in [0.717, 1.165) is 44.9 Å². The van der Waals surface area contributed by atoms with Gasteiger partial charge in [-0.1, -0.05) is 25.5 Å². The lowest BCUT2D eigenvalue weighted by Gasteiger charge is -2.08. The van der Waals surface area contributed by atoms with E-state index in [2.05, 4.69) is 24.4 Å². The van der Waals surface area contributed by atoms with E-state index in [1.54, 1.807) is 7.11 Å². The van der Waals surface area contributed by atoms with Crippen LogP contribution in [0.15, 0.2) is 24.3 Å². The van der Waals surface area contributed by atoms with Gasteiger partial charge in [-0.2, -0.15) is 0 Å². The molecule has 0 spiro atoms. The molecule has 1 aromatic carbocycles. The summed E-state index contributed by atoms with van der Waals surface area (Å²) in [5, 5.41) is 3.40. The highest BCUT2D eigenvalue weighted by molar-refractivity contribution is 5.28. The minimum atomic E-state index is 0.807. The zero-order valence-electron chi connectivity index (χ0n) is 11.6. The van der Waals surface area contributed by atoms with Crippen LogP contribution in [-0.4, -0.2) is 26.9 Å². The lowest BCUT2D eigenvalue weighted by atomic mass is 10.2. The van der Waals surface area contributed by atoms with E-state index in [0.29, 0.717) is 0 Å². The number of nitrogens with one attached hydrogen (secondary N) is 1. The SMILES string of the molecule is CCCCOc1cccc(CNCCCOC)c1. The zero-order chi connectivity index (χ0) is 13.1. The van der Waals surface area contributed by atoms with Gasteiger partial charge >= 0.3 is 0 Å². The third-order valence-corrected chi connectivity index (χ3v) is 2.70. The van der Waals surface area contributed by atoms with Crippen LogP contribution < -0.4 is 10.1 Å². The molecular weight excluding hydrogens is 226 g/mol. The largest absolute Gasteiger partial charge is 0.494 e. The molecule has 0 amide bonds. The highest BCUT2D eigenvalue weighted by Crippen LogP contribution is 2.13. The Morgan fingerprint density at radius 1 is 1.17 bits per heavy atom. The van der Waals surface area contributed by atoms with Crippen LogP contribution >= 0.6 is 0 Å². The quantitative estimate of drug-likeness (QED) is 0.648. The van der Waals surface area contributed by atoms with Crippen molar-refractivity contribution in [2.75, 3.05) is 26.9 Å². The first-order valence-electron chi connectivity index (χ1n) is 6.78. The minimum absolute atomic E-state index is 0.807. The summed E-state index contributed by atoms with van der Waals surface area (Å²) in [5.74, 6) is 0.972. The smallest absolute Gasteiger partial charge is 0.119 e. The second kappa shape index (κ2) is 9.92. The van der Waals surface area contributed by atoms with Gasteiger partial charge in [0.25, 0.3) is 0 Å². The molecular formula is C15H25NO2. The Bertz CT molecular complexity index is 315. The third-order valence-electron chi connectivity index (χ3n) is 2.70. The first kappa shape index (κ1) is 15.0. The summed E-state index contributed by atoms with van der Waals surface area (Å²) < 4.78 is 10.7. The number of hydrogen-bond donors (Lipinski definition) is 1. The van der Waals surface area contributed by atoms with Crippen LogP contribution in [0.5, 0.6) is 5.75 Å². The van der Waals surface area contributed by atoms with Crippen molar-refractivity contribution < 1.29 is 9.47 Å². The summed E-state index contributed by atoms with van der Waals surface area (Å²) in [6, 6.07) is 8.30. The molecule has 0 bridgehead atoms. The topological polar surface area (TPSA) is 30.5 Å². The second-order valence-corrected chi connectivity index (χ2v) is 4.37. The standard InChI is InChI=1S/C15H25NO2/c1-3-4-11-18-15-8-5-7-14(12-15)13-16-9-6-10-17-2/h5,7-8,12,16H,3-4,6,9-11,13H2,1-2H3. The van der Waals surface area contributed by atoms with Gasteiger partial charge < -0.3 is 14.8 Å². The molecule has 0 radical (unpaired) electrons. The molecule has 1 rings (SSSR count). The van der Waals surface area contributed by atoms with Crippen molar-refractivity contribution in [1.82, 2.24) is 5.32 Å². The molecule has 1 aromatic rings. The average molecular weight is 251 g/mol. The Kier molecular flexibility index (Phi) is 8.26. The normalized spacial score (nSPS) is 10.6. The molecule has 102 valence electrons. The molecule has 0 aliphatic heterocycles. The molecule has 0 heterocycles. The molecule has 0 atom stereocenters. The molecule has 0 fully saturated rings. The molecule has 18 heavy (non-hydrogen) atoms. The number of ether oxygens (including phenoxy) is 2. The van der Waals surface area contributed by atoms with E-state index >= 15 is 0 Å². The maximum atomic E-state index is 5.68. The summed E-state index contributed by atoms with van der Waals surface area (Å²) in [4.78, 5) is 0. The molecule has 3 nitrogen and oxygen atoms in total. The number of benzene rings is 1. The molecule has 0 saturated heterocycles. The van der Waals surface area contributed by atoms with E-state index < -0.39 is 0 Å². The van der Waals surface area contributed by atoms with Crippen molar-refractivity contribution in [2.24, 2.45) is 0 Å². The van der Waals surface area contributed by atoms with Gasteiger partial charge in [-0.3, -0.25) is 0 Å². The molecule has 0 unspecified atom stereocenters. The third kappa shape index (κ3) is 6.62. The summed E-state index contributed by atoms with van der Waals surface area (Å²) in [6.07, 6.45) is 3.32. The fourth-order valence-corrected chi connectivity index (χ4v) is 1.65. The van der Waals surface area contributed by atoms with Crippen LogP contribution in [0.4, 0.5) is 0 Å². The van der Waals surface area contributed by atoms with Crippen molar-refractivity contribution in [2.45, 2.75) is 32.7 Å². The number of hydrogen-bond acceptors (Lipinski definition) is 3. The van der Waals surface area contributed by atoms with E-state index in [-0.39, 0.29) is 0 Å². The van der Waals surface area contributed by atoms with Crippen LogP contribution in [-0.2, 0) is 11.3 Å². The van der Waals surface area contributed by atoms with E-state index in [1.165, 1.54) is 12.0 Å². The van der Waals surface area contributed by atoms with Crippen molar-refractivity contribution in [3.05, 3.63) is 29.8 Å².